The maximum absolute atomic E-state index is 10.7. The molecule has 0 bridgehead atoms. The van der Waals surface area contributed by atoms with Gasteiger partial charge in [-0.3, -0.25) is 4.79 Å². The summed E-state index contributed by atoms with van der Waals surface area (Å²) in [6.07, 6.45) is -0.292. The van der Waals surface area contributed by atoms with Crippen molar-refractivity contribution in [3.8, 4) is 0 Å². The molecular formula is C9H12O6. The van der Waals surface area contributed by atoms with E-state index in [9.17, 15) is 14.4 Å². The molecule has 0 spiro atoms. The van der Waals surface area contributed by atoms with E-state index in [1.54, 1.807) is 6.92 Å². The van der Waals surface area contributed by atoms with E-state index in [2.05, 4.69) is 0 Å². The number of carbonyl (C=O) groups is 3. The van der Waals surface area contributed by atoms with Gasteiger partial charge in [0.15, 0.2) is 0 Å². The number of rotatable bonds is 6. The van der Waals surface area contributed by atoms with Crippen molar-refractivity contribution < 1.29 is 29.7 Å². The van der Waals surface area contributed by atoms with Crippen LogP contribution in [0.25, 0.3) is 0 Å². The molecule has 0 aromatic carbocycles. The molecule has 0 aliphatic carbocycles. The average molecular weight is 216 g/mol. The number of aliphatic carboxylic acids is 3. The quantitative estimate of drug-likeness (QED) is 0.564. The topological polar surface area (TPSA) is 112 Å². The molecule has 0 aliphatic rings. The monoisotopic (exact) mass is 216 g/mol. The molecule has 0 heterocycles. The van der Waals surface area contributed by atoms with Gasteiger partial charge in [-0.25, -0.2) is 9.59 Å². The molecule has 0 saturated carbocycles. The van der Waals surface area contributed by atoms with E-state index in [-0.39, 0.29) is 12.0 Å². The molecular weight excluding hydrogens is 204 g/mol. The van der Waals surface area contributed by atoms with Crippen molar-refractivity contribution in [2.75, 3.05) is 0 Å². The highest BCUT2D eigenvalue weighted by Crippen LogP contribution is 2.15. The molecule has 84 valence electrons. The van der Waals surface area contributed by atoms with Crippen LogP contribution in [-0.4, -0.2) is 33.2 Å². The zero-order chi connectivity index (χ0) is 12.0. The fraction of sp³-hybridized carbons (Fsp3) is 0.444. The zero-order valence-electron chi connectivity index (χ0n) is 8.19. The molecule has 0 amide bonds. The molecule has 15 heavy (non-hydrogen) atoms. The third kappa shape index (κ3) is 4.26. The molecule has 0 unspecified atom stereocenters. The molecule has 6 nitrogen and oxygen atoms in total. The predicted molar refractivity (Wildman–Crippen MR) is 49.5 cm³/mol. The summed E-state index contributed by atoms with van der Waals surface area (Å²) in [5, 5.41) is 25.8. The second-order valence-electron chi connectivity index (χ2n) is 2.89. The molecule has 0 rings (SSSR count). The van der Waals surface area contributed by atoms with Crippen LogP contribution >= 0.6 is 0 Å². The minimum absolute atomic E-state index is 0.0459. The van der Waals surface area contributed by atoms with Crippen LogP contribution in [0, 0.1) is 0 Å². The highest BCUT2D eigenvalue weighted by Gasteiger charge is 2.21. The fourth-order valence-electron chi connectivity index (χ4n) is 1.10. The maximum Gasteiger partial charge on any atom is 0.332 e. The Hall–Kier alpha value is -1.85. The van der Waals surface area contributed by atoms with Crippen LogP contribution in [0.1, 0.15) is 26.2 Å². The van der Waals surface area contributed by atoms with Gasteiger partial charge in [0.1, 0.15) is 0 Å². The van der Waals surface area contributed by atoms with Gasteiger partial charge in [0.05, 0.1) is 12.0 Å². The summed E-state index contributed by atoms with van der Waals surface area (Å²) in [6, 6.07) is 0. The summed E-state index contributed by atoms with van der Waals surface area (Å²) in [5.74, 6) is -4.24. The van der Waals surface area contributed by atoms with Crippen LogP contribution in [0.15, 0.2) is 11.1 Å². The number of hydrogen-bond acceptors (Lipinski definition) is 3. The Morgan fingerprint density at radius 2 is 1.40 bits per heavy atom. The van der Waals surface area contributed by atoms with Gasteiger partial charge < -0.3 is 15.3 Å². The van der Waals surface area contributed by atoms with E-state index in [0.717, 1.165) is 0 Å². The Morgan fingerprint density at radius 3 is 1.67 bits per heavy atom. The molecule has 3 N–H and O–H groups in total. The van der Waals surface area contributed by atoms with Crippen molar-refractivity contribution in [3.05, 3.63) is 11.1 Å². The van der Waals surface area contributed by atoms with Crippen molar-refractivity contribution in [1.82, 2.24) is 0 Å². The molecule has 0 fully saturated rings. The fourth-order valence-corrected chi connectivity index (χ4v) is 1.10. The molecule has 0 atom stereocenters. The van der Waals surface area contributed by atoms with Crippen LogP contribution < -0.4 is 0 Å². The Balaban J connectivity index is 5.23. The Morgan fingerprint density at radius 1 is 0.933 bits per heavy atom. The minimum Gasteiger partial charge on any atom is -0.481 e. The average Bonchev–Trinajstić information content (AvgIpc) is 2.09. The molecule has 0 saturated heterocycles. The first kappa shape index (κ1) is 13.2. The van der Waals surface area contributed by atoms with Gasteiger partial charge in [0, 0.05) is 5.57 Å². The maximum atomic E-state index is 10.7. The Bertz CT molecular complexity index is 315. The van der Waals surface area contributed by atoms with E-state index in [0.29, 0.717) is 6.42 Å². The van der Waals surface area contributed by atoms with Gasteiger partial charge >= 0.3 is 17.9 Å². The first-order valence-corrected chi connectivity index (χ1v) is 4.30. The molecule has 0 aliphatic heterocycles. The summed E-state index contributed by atoms with van der Waals surface area (Å²) in [4.78, 5) is 31.7. The minimum atomic E-state index is -1.50. The van der Waals surface area contributed by atoms with E-state index < -0.39 is 29.9 Å². The Labute approximate surface area is 85.8 Å². The first-order chi connectivity index (χ1) is 6.90. The number of hydrogen-bond donors (Lipinski definition) is 3. The number of carboxylic acid groups (broad SMARTS) is 3. The smallest absolute Gasteiger partial charge is 0.332 e. The summed E-state index contributed by atoms with van der Waals surface area (Å²) in [7, 11) is 0. The predicted octanol–water partition coefficient (Wildman–Crippen LogP) is 0.727. The molecule has 6 heteroatoms. The van der Waals surface area contributed by atoms with Gasteiger partial charge in [0.2, 0.25) is 0 Å². The molecule has 0 aromatic rings. The largest absolute Gasteiger partial charge is 0.481 e. The van der Waals surface area contributed by atoms with Crippen molar-refractivity contribution in [1.29, 1.82) is 0 Å². The first-order valence-electron chi connectivity index (χ1n) is 4.30. The molecule has 0 aromatic heterocycles. The lowest BCUT2D eigenvalue weighted by Gasteiger charge is -2.05. The van der Waals surface area contributed by atoms with Gasteiger partial charge in [-0.15, -0.1) is 0 Å². The van der Waals surface area contributed by atoms with Crippen LogP contribution in [0.4, 0.5) is 0 Å². The van der Waals surface area contributed by atoms with E-state index in [1.807, 2.05) is 0 Å². The second-order valence-corrected chi connectivity index (χ2v) is 2.89. The standard InChI is InChI=1S/C9H12O6/c1-2-3-5(8(12)13)6(9(14)15)4-7(10)11/h2-4H2,1H3,(H,10,11)(H,12,13)(H,14,15)/b6-5-. The zero-order valence-corrected chi connectivity index (χ0v) is 8.19. The van der Waals surface area contributed by atoms with Crippen molar-refractivity contribution >= 4 is 17.9 Å². The second kappa shape index (κ2) is 5.79. The summed E-state index contributed by atoms with van der Waals surface area (Å²) < 4.78 is 0. The van der Waals surface area contributed by atoms with Crippen LogP contribution in [0.5, 0.6) is 0 Å². The van der Waals surface area contributed by atoms with Gasteiger partial charge in [0.25, 0.3) is 0 Å². The van der Waals surface area contributed by atoms with Gasteiger partial charge in [-0.05, 0) is 6.42 Å². The van der Waals surface area contributed by atoms with Crippen molar-refractivity contribution in [3.63, 3.8) is 0 Å². The SMILES string of the molecule is CCC/C(C(=O)O)=C(\CC(=O)O)C(=O)O. The normalized spacial score (nSPS) is 11.8. The van der Waals surface area contributed by atoms with Gasteiger partial charge in [-0.1, -0.05) is 13.3 Å². The molecule has 0 radical (unpaired) electrons. The van der Waals surface area contributed by atoms with Crippen molar-refractivity contribution in [2.45, 2.75) is 26.2 Å². The third-order valence-corrected chi connectivity index (χ3v) is 1.71. The summed E-state index contributed by atoms with van der Waals surface area (Å²) in [6.45, 7) is 1.68. The van der Waals surface area contributed by atoms with Crippen LogP contribution in [0.2, 0.25) is 0 Å². The van der Waals surface area contributed by atoms with Gasteiger partial charge in [-0.2, -0.15) is 0 Å². The lowest BCUT2D eigenvalue weighted by molar-refractivity contribution is -0.140. The van der Waals surface area contributed by atoms with E-state index >= 15 is 0 Å². The van der Waals surface area contributed by atoms with E-state index in [4.69, 9.17) is 15.3 Å². The Kier molecular flexibility index (Phi) is 5.08. The van der Waals surface area contributed by atoms with E-state index in [1.165, 1.54) is 0 Å². The summed E-state index contributed by atoms with van der Waals surface area (Å²) >= 11 is 0. The third-order valence-electron chi connectivity index (χ3n) is 1.71. The highest BCUT2D eigenvalue weighted by atomic mass is 16.4. The lowest BCUT2D eigenvalue weighted by Crippen LogP contribution is -2.14. The lowest BCUT2D eigenvalue weighted by atomic mass is 10.0. The highest BCUT2D eigenvalue weighted by molar-refractivity contribution is 6.01. The summed E-state index contributed by atoms with van der Waals surface area (Å²) in [5.41, 5.74) is -0.899. The van der Waals surface area contributed by atoms with Crippen LogP contribution in [-0.2, 0) is 14.4 Å². The number of carboxylic acids is 3. The van der Waals surface area contributed by atoms with Crippen LogP contribution in [0.3, 0.4) is 0 Å². The van der Waals surface area contributed by atoms with Crippen molar-refractivity contribution in [2.24, 2.45) is 0 Å².